The molecule has 2 fully saturated rings. The van der Waals surface area contributed by atoms with E-state index in [2.05, 4.69) is 17.6 Å². The number of hydrogen-bond acceptors (Lipinski definition) is 4. The summed E-state index contributed by atoms with van der Waals surface area (Å²) in [5, 5.41) is 2.89. The monoisotopic (exact) mass is 356 g/mol. The molecule has 0 radical (unpaired) electrons. The summed E-state index contributed by atoms with van der Waals surface area (Å²) in [6, 6.07) is 0. The van der Waals surface area contributed by atoms with E-state index in [4.69, 9.17) is 0 Å². The first kappa shape index (κ1) is 15.3. The normalized spacial score (nSPS) is 32.7. The van der Waals surface area contributed by atoms with Crippen molar-refractivity contribution in [1.82, 2.24) is 10.4 Å². The molecule has 1 N–H and O–H groups in total. The van der Waals surface area contributed by atoms with Gasteiger partial charge in [-0.2, -0.15) is 5.01 Å². The number of nitrogens with zero attached hydrogens (tertiary/aromatic N) is 1. The highest BCUT2D eigenvalue weighted by Gasteiger charge is 2.57. The molecule has 3 amide bonds. The number of carbonyl (C=O) groups excluding carboxylic acids is 3. The standard InChI is InChI=1S/C19H20N2O3S/c22-17(13-9-25-14-4-2-1-3-12(13)14)20-21-18(23)15-10-5-6-11(8-7-10)16(15)19(21)24/h5-6,9-11,15-16H,1-4,7-8H2,(H,20,22)/t10-,11-,15-,16-/m1/s1. The maximum Gasteiger partial charge on any atom is 0.271 e. The van der Waals surface area contributed by atoms with Gasteiger partial charge in [-0.05, 0) is 55.9 Å². The summed E-state index contributed by atoms with van der Waals surface area (Å²) in [7, 11) is 0. The molecule has 1 saturated carbocycles. The minimum atomic E-state index is -0.319. The first-order chi connectivity index (χ1) is 12.1. The number of hydrogen-bond donors (Lipinski definition) is 1. The van der Waals surface area contributed by atoms with Crippen LogP contribution in [0.1, 0.15) is 46.5 Å². The largest absolute Gasteiger partial charge is 0.272 e. The Hall–Kier alpha value is -1.95. The van der Waals surface area contributed by atoms with Gasteiger partial charge in [0.1, 0.15) is 0 Å². The summed E-state index contributed by atoms with van der Waals surface area (Å²) in [5.41, 5.74) is 4.37. The average Bonchev–Trinajstić information content (AvgIpc) is 3.19. The lowest BCUT2D eigenvalue weighted by atomic mass is 9.63. The molecule has 2 heterocycles. The number of thiophene rings is 1. The van der Waals surface area contributed by atoms with Gasteiger partial charge >= 0.3 is 0 Å². The third kappa shape index (κ3) is 2.16. The molecular weight excluding hydrogens is 336 g/mol. The average molecular weight is 356 g/mol. The molecule has 0 spiro atoms. The number of carbonyl (C=O) groups is 3. The fraction of sp³-hybridized carbons (Fsp3) is 0.526. The zero-order valence-corrected chi connectivity index (χ0v) is 14.7. The van der Waals surface area contributed by atoms with Gasteiger partial charge in [0, 0.05) is 10.3 Å². The van der Waals surface area contributed by atoms with Crippen molar-refractivity contribution in [3.8, 4) is 0 Å². The van der Waals surface area contributed by atoms with Crippen LogP contribution in [-0.4, -0.2) is 22.7 Å². The second kappa shape index (κ2) is 5.53. The van der Waals surface area contributed by atoms with Crippen molar-refractivity contribution in [1.29, 1.82) is 0 Å². The van der Waals surface area contributed by atoms with Crippen molar-refractivity contribution < 1.29 is 14.4 Å². The van der Waals surface area contributed by atoms with Gasteiger partial charge in [0.15, 0.2) is 0 Å². The number of aryl methyl sites for hydroxylation is 1. The van der Waals surface area contributed by atoms with Gasteiger partial charge in [0.05, 0.1) is 17.4 Å². The molecule has 5 nitrogen and oxygen atoms in total. The fourth-order valence-corrected chi connectivity index (χ4v) is 6.16. The van der Waals surface area contributed by atoms with Crippen LogP contribution in [0.3, 0.4) is 0 Å². The van der Waals surface area contributed by atoms with Crippen molar-refractivity contribution >= 4 is 29.1 Å². The Bertz CT molecular complexity index is 780. The lowest BCUT2D eigenvalue weighted by Crippen LogP contribution is -2.47. The van der Waals surface area contributed by atoms with Gasteiger partial charge in [-0.1, -0.05) is 12.2 Å². The van der Waals surface area contributed by atoms with Gasteiger partial charge < -0.3 is 0 Å². The van der Waals surface area contributed by atoms with Crippen molar-refractivity contribution in [2.45, 2.75) is 38.5 Å². The van der Waals surface area contributed by atoms with E-state index in [1.807, 2.05) is 5.38 Å². The van der Waals surface area contributed by atoms with E-state index in [0.29, 0.717) is 5.56 Å². The van der Waals surface area contributed by atoms with Crippen LogP contribution in [0.25, 0.3) is 0 Å². The molecule has 6 rings (SSSR count). The van der Waals surface area contributed by atoms with E-state index in [1.54, 1.807) is 11.3 Å². The van der Waals surface area contributed by atoms with Gasteiger partial charge in [-0.25, -0.2) is 0 Å². The second-order valence-corrected chi connectivity index (χ2v) is 8.52. The molecule has 0 aromatic carbocycles. The second-order valence-electron chi connectivity index (χ2n) is 7.55. The molecule has 4 atom stereocenters. The Morgan fingerprint density at radius 2 is 1.68 bits per heavy atom. The van der Waals surface area contributed by atoms with Crippen molar-refractivity contribution in [2.75, 3.05) is 0 Å². The molecule has 6 heteroatoms. The number of fused-ring (bicyclic) bond motifs is 2. The Morgan fingerprint density at radius 1 is 1.04 bits per heavy atom. The van der Waals surface area contributed by atoms with Gasteiger partial charge in [0.25, 0.3) is 17.7 Å². The molecule has 25 heavy (non-hydrogen) atoms. The van der Waals surface area contributed by atoms with E-state index in [1.165, 1.54) is 4.88 Å². The first-order valence-corrected chi connectivity index (χ1v) is 9.99. The van der Waals surface area contributed by atoms with E-state index >= 15 is 0 Å². The molecule has 0 unspecified atom stereocenters. The number of amides is 3. The minimum Gasteiger partial charge on any atom is -0.272 e. The van der Waals surface area contributed by atoms with Crippen LogP contribution in [-0.2, 0) is 22.4 Å². The third-order valence-electron chi connectivity index (χ3n) is 6.28. The SMILES string of the molecule is O=C(NN1C(=O)[C@H]2[C@H](C1=O)[C@@H]1C=C[C@@H]2CC1)c1csc2c1CCCC2. The summed E-state index contributed by atoms with van der Waals surface area (Å²) in [6.07, 6.45) is 10.3. The Kier molecular flexibility index (Phi) is 3.39. The summed E-state index contributed by atoms with van der Waals surface area (Å²) in [6.45, 7) is 0. The van der Waals surface area contributed by atoms with E-state index in [9.17, 15) is 14.4 Å². The summed E-state index contributed by atoms with van der Waals surface area (Å²) < 4.78 is 0. The molecule has 1 aliphatic heterocycles. The van der Waals surface area contributed by atoms with E-state index in [-0.39, 0.29) is 41.4 Å². The van der Waals surface area contributed by atoms with Gasteiger partial charge in [-0.15, -0.1) is 11.3 Å². The number of nitrogens with one attached hydrogen (secondary N) is 1. The van der Waals surface area contributed by atoms with Crippen LogP contribution in [0.5, 0.6) is 0 Å². The van der Waals surface area contributed by atoms with Crippen LogP contribution in [0.4, 0.5) is 0 Å². The first-order valence-electron chi connectivity index (χ1n) is 9.11. The van der Waals surface area contributed by atoms with E-state index < -0.39 is 0 Å². The maximum absolute atomic E-state index is 12.8. The third-order valence-corrected chi connectivity index (χ3v) is 7.37. The molecular formula is C19H20N2O3S. The van der Waals surface area contributed by atoms with Gasteiger partial charge in [0.2, 0.25) is 0 Å². The number of hydrazine groups is 1. The van der Waals surface area contributed by atoms with Crippen LogP contribution in [0, 0.1) is 23.7 Å². The van der Waals surface area contributed by atoms with E-state index in [0.717, 1.165) is 49.1 Å². The Labute approximate surface area is 150 Å². The number of rotatable bonds is 2. The van der Waals surface area contributed by atoms with Crippen molar-refractivity contribution in [3.05, 3.63) is 33.5 Å². The highest BCUT2D eigenvalue weighted by molar-refractivity contribution is 7.10. The van der Waals surface area contributed by atoms with Crippen LogP contribution in [0.2, 0.25) is 0 Å². The molecule has 1 saturated heterocycles. The maximum atomic E-state index is 12.8. The Morgan fingerprint density at radius 3 is 2.32 bits per heavy atom. The smallest absolute Gasteiger partial charge is 0.271 e. The highest BCUT2D eigenvalue weighted by Crippen LogP contribution is 2.49. The van der Waals surface area contributed by atoms with Crippen LogP contribution >= 0.6 is 11.3 Å². The highest BCUT2D eigenvalue weighted by atomic mass is 32.1. The molecule has 130 valence electrons. The Balaban J connectivity index is 1.40. The predicted octanol–water partition coefficient (Wildman–Crippen LogP) is 2.47. The van der Waals surface area contributed by atoms with Crippen LogP contribution < -0.4 is 5.43 Å². The summed E-state index contributed by atoms with van der Waals surface area (Å²) in [5.74, 6) is -1.07. The van der Waals surface area contributed by atoms with Crippen LogP contribution in [0.15, 0.2) is 17.5 Å². The predicted molar refractivity (Wildman–Crippen MR) is 92.6 cm³/mol. The molecule has 4 aliphatic carbocycles. The summed E-state index contributed by atoms with van der Waals surface area (Å²) in [4.78, 5) is 39.6. The number of imide groups is 1. The molecule has 5 aliphatic rings. The topological polar surface area (TPSA) is 66.5 Å². The molecule has 1 aromatic rings. The summed E-state index contributed by atoms with van der Waals surface area (Å²) >= 11 is 1.61. The molecule has 2 bridgehead atoms. The lowest BCUT2D eigenvalue weighted by Gasteiger charge is -2.37. The van der Waals surface area contributed by atoms with Gasteiger partial charge in [-0.3, -0.25) is 19.8 Å². The lowest BCUT2D eigenvalue weighted by molar-refractivity contribution is -0.143. The number of allylic oxidation sites excluding steroid dienone is 2. The minimum absolute atomic E-state index is 0.141. The fourth-order valence-electron chi connectivity index (χ4n) is 5.03. The molecule has 1 aromatic heterocycles. The quantitative estimate of drug-likeness (QED) is 0.654. The zero-order chi connectivity index (χ0) is 17.1. The van der Waals surface area contributed by atoms with Crippen molar-refractivity contribution in [3.63, 3.8) is 0 Å². The van der Waals surface area contributed by atoms with Crippen molar-refractivity contribution in [2.24, 2.45) is 23.7 Å². The zero-order valence-electron chi connectivity index (χ0n) is 13.9.